The summed E-state index contributed by atoms with van der Waals surface area (Å²) in [4.78, 5) is 12.1. The maximum atomic E-state index is 12.1. The topological polar surface area (TPSA) is 61.4 Å². The zero-order valence-corrected chi connectivity index (χ0v) is 11.1. The Balaban J connectivity index is 2.77. The molecule has 0 unspecified atom stereocenters. The van der Waals surface area contributed by atoms with E-state index in [0.717, 1.165) is 18.7 Å². The van der Waals surface area contributed by atoms with Crippen LogP contribution >= 0.6 is 0 Å². The molecule has 0 fully saturated rings. The van der Waals surface area contributed by atoms with E-state index in [-0.39, 0.29) is 18.6 Å². The van der Waals surface area contributed by atoms with E-state index in [1.165, 1.54) is 0 Å². The van der Waals surface area contributed by atoms with Crippen LogP contribution in [0.15, 0.2) is 24.3 Å². The van der Waals surface area contributed by atoms with E-state index in [4.69, 9.17) is 5.11 Å². The second-order valence-corrected chi connectivity index (χ2v) is 4.23. The Hall–Kier alpha value is -1.55. The average Bonchev–Trinajstić information content (AvgIpc) is 2.42. The summed E-state index contributed by atoms with van der Waals surface area (Å²) in [5.41, 5.74) is 1.46. The van der Waals surface area contributed by atoms with Crippen LogP contribution in [-0.2, 0) is 0 Å². The van der Waals surface area contributed by atoms with Gasteiger partial charge in [-0.15, -0.1) is 0 Å². The van der Waals surface area contributed by atoms with Gasteiger partial charge in [0.25, 0.3) is 5.91 Å². The molecule has 1 amide bonds. The van der Waals surface area contributed by atoms with E-state index in [9.17, 15) is 4.79 Å². The van der Waals surface area contributed by atoms with Crippen molar-refractivity contribution in [1.29, 1.82) is 0 Å². The minimum atomic E-state index is -0.184. The molecular formula is C14H22N2O2. The van der Waals surface area contributed by atoms with Gasteiger partial charge in [-0.05, 0) is 25.0 Å². The fourth-order valence-electron chi connectivity index (χ4n) is 1.63. The molecular weight excluding hydrogens is 228 g/mol. The zero-order chi connectivity index (χ0) is 13.4. The molecule has 0 saturated carbocycles. The Kier molecular flexibility index (Phi) is 6.22. The van der Waals surface area contributed by atoms with Crippen molar-refractivity contribution in [3.63, 3.8) is 0 Å². The number of nitrogens with one attached hydrogen (secondary N) is 2. The maximum absolute atomic E-state index is 12.1. The Morgan fingerprint density at radius 1 is 1.33 bits per heavy atom. The minimum absolute atomic E-state index is 0.0349. The molecule has 0 heterocycles. The first-order valence-electron chi connectivity index (χ1n) is 6.47. The first-order chi connectivity index (χ1) is 8.72. The fraction of sp³-hybridized carbons (Fsp3) is 0.500. The molecule has 0 saturated heterocycles. The summed E-state index contributed by atoms with van der Waals surface area (Å²) in [5, 5.41) is 15.2. The third kappa shape index (κ3) is 4.04. The fourth-order valence-corrected chi connectivity index (χ4v) is 1.63. The molecule has 0 spiro atoms. The summed E-state index contributed by atoms with van der Waals surface area (Å²) < 4.78 is 0. The zero-order valence-electron chi connectivity index (χ0n) is 11.1. The lowest BCUT2D eigenvalue weighted by Crippen LogP contribution is -2.37. The van der Waals surface area contributed by atoms with Gasteiger partial charge < -0.3 is 15.7 Å². The summed E-state index contributed by atoms with van der Waals surface area (Å²) >= 11 is 0. The molecule has 0 bridgehead atoms. The monoisotopic (exact) mass is 250 g/mol. The smallest absolute Gasteiger partial charge is 0.253 e. The van der Waals surface area contributed by atoms with Crippen LogP contribution in [0.1, 0.15) is 37.0 Å². The van der Waals surface area contributed by atoms with E-state index in [1.54, 1.807) is 6.07 Å². The number of amides is 1. The van der Waals surface area contributed by atoms with Crippen molar-refractivity contribution in [2.75, 3.05) is 18.5 Å². The van der Waals surface area contributed by atoms with Gasteiger partial charge in [0, 0.05) is 12.2 Å². The van der Waals surface area contributed by atoms with Crippen molar-refractivity contribution in [2.24, 2.45) is 0 Å². The Bertz CT molecular complexity index is 376. The highest BCUT2D eigenvalue weighted by molar-refractivity contribution is 5.99. The summed E-state index contributed by atoms with van der Waals surface area (Å²) in [7, 11) is 0. The summed E-state index contributed by atoms with van der Waals surface area (Å²) in [6.07, 6.45) is 1.72. The highest BCUT2D eigenvalue weighted by Gasteiger charge is 2.14. The van der Waals surface area contributed by atoms with Crippen LogP contribution in [0.25, 0.3) is 0 Å². The quantitative estimate of drug-likeness (QED) is 0.693. The van der Waals surface area contributed by atoms with Crippen molar-refractivity contribution in [3.8, 4) is 0 Å². The number of para-hydroxylation sites is 1. The van der Waals surface area contributed by atoms with E-state index < -0.39 is 0 Å². The molecule has 0 aliphatic carbocycles. The van der Waals surface area contributed by atoms with Gasteiger partial charge in [0.2, 0.25) is 0 Å². The van der Waals surface area contributed by atoms with E-state index in [0.29, 0.717) is 12.0 Å². The number of aliphatic hydroxyl groups excluding tert-OH is 1. The molecule has 1 atom stereocenters. The molecule has 1 rings (SSSR count). The van der Waals surface area contributed by atoms with Gasteiger partial charge in [-0.25, -0.2) is 0 Å². The molecule has 1 aromatic carbocycles. The Labute approximate surface area is 108 Å². The van der Waals surface area contributed by atoms with Gasteiger partial charge in [0.1, 0.15) is 0 Å². The van der Waals surface area contributed by atoms with Crippen LogP contribution in [0.5, 0.6) is 0 Å². The molecule has 0 aliphatic rings. The summed E-state index contributed by atoms with van der Waals surface area (Å²) in [6, 6.07) is 7.24. The van der Waals surface area contributed by atoms with Gasteiger partial charge in [0.15, 0.2) is 0 Å². The molecule has 3 N–H and O–H groups in total. The molecule has 0 aliphatic heterocycles. The number of hydrogen-bond acceptors (Lipinski definition) is 3. The first kappa shape index (κ1) is 14.5. The van der Waals surface area contributed by atoms with Gasteiger partial charge in [-0.2, -0.15) is 0 Å². The van der Waals surface area contributed by atoms with E-state index >= 15 is 0 Å². The van der Waals surface area contributed by atoms with E-state index in [1.807, 2.05) is 25.1 Å². The lowest BCUT2D eigenvalue weighted by atomic mass is 10.1. The second-order valence-electron chi connectivity index (χ2n) is 4.23. The molecule has 18 heavy (non-hydrogen) atoms. The SMILES string of the molecule is CCCNc1ccccc1C(=O)N[C@H](CC)CO. The Morgan fingerprint density at radius 3 is 2.67 bits per heavy atom. The highest BCUT2D eigenvalue weighted by Crippen LogP contribution is 2.15. The number of carbonyl (C=O) groups is 1. The van der Waals surface area contributed by atoms with Gasteiger partial charge in [-0.1, -0.05) is 26.0 Å². The van der Waals surface area contributed by atoms with Crippen LogP contribution in [0.4, 0.5) is 5.69 Å². The van der Waals surface area contributed by atoms with E-state index in [2.05, 4.69) is 17.6 Å². The average molecular weight is 250 g/mol. The minimum Gasteiger partial charge on any atom is -0.394 e. The predicted octanol–water partition coefficient (Wildman–Crippen LogP) is 2.01. The number of carbonyl (C=O) groups excluding carboxylic acids is 1. The highest BCUT2D eigenvalue weighted by atomic mass is 16.3. The first-order valence-corrected chi connectivity index (χ1v) is 6.47. The van der Waals surface area contributed by atoms with Gasteiger partial charge in [0.05, 0.1) is 18.2 Å². The van der Waals surface area contributed by atoms with Crippen LogP contribution in [-0.4, -0.2) is 30.2 Å². The standard InChI is InChI=1S/C14H22N2O2/c1-3-9-15-13-8-6-5-7-12(13)14(18)16-11(4-2)10-17/h5-8,11,15,17H,3-4,9-10H2,1-2H3,(H,16,18)/t11-/m1/s1. The van der Waals surface area contributed by atoms with Crippen molar-refractivity contribution in [3.05, 3.63) is 29.8 Å². The van der Waals surface area contributed by atoms with Crippen molar-refractivity contribution in [1.82, 2.24) is 5.32 Å². The lowest BCUT2D eigenvalue weighted by Gasteiger charge is -2.16. The third-order valence-corrected chi connectivity index (χ3v) is 2.79. The van der Waals surface area contributed by atoms with Crippen molar-refractivity contribution in [2.45, 2.75) is 32.7 Å². The lowest BCUT2D eigenvalue weighted by molar-refractivity contribution is 0.0915. The predicted molar refractivity (Wildman–Crippen MR) is 73.9 cm³/mol. The molecule has 4 nitrogen and oxygen atoms in total. The van der Waals surface area contributed by atoms with Crippen molar-refractivity contribution < 1.29 is 9.90 Å². The molecule has 1 aromatic rings. The molecule has 100 valence electrons. The largest absolute Gasteiger partial charge is 0.394 e. The molecule has 0 radical (unpaired) electrons. The van der Waals surface area contributed by atoms with Gasteiger partial charge in [-0.3, -0.25) is 4.79 Å². The number of rotatable bonds is 7. The normalized spacial score (nSPS) is 11.9. The number of anilines is 1. The van der Waals surface area contributed by atoms with Gasteiger partial charge >= 0.3 is 0 Å². The number of benzene rings is 1. The number of aliphatic hydroxyl groups is 1. The Morgan fingerprint density at radius 2 is 2.06 bits per heavy atom. The van der Waals surface area contributed by atoms with Crippen LogP contribution in [0.3, 0.4) is 0 Å². The maximum Gasteiger partial charge on any atom is 0.253 e. The second kappa shape index (κ2) is 7.71. The molecule has 4 heteroatoms. The third-order valence-electron chi connectivity index (χ3n) is 2.79. The summed E-state index contributed by atoms with van der Waals surface area (Å²) in [6.45, 7) is 4.81. The van der Waals surface area contributed by atoms with Crippen molar-refractivity contribution >= 4 is 11.6 Å². The summed E-state index contributed by atoms with van der Waals surface area (Å²) in [5.74, 6) is -0.143. The number of hydrogen-bond donors (Lipinski definition) is 3. The molecule has 0 aromatic heterocycles. The van der Waals surface area contributed by atoms with Crippen LogP contribution in [0, 0.1) is 0 Å². The van der Waals surface area contributed by atoms with Crippen LogP contribution in [0.2, 0.25) is 0 Å². The van der Waals surface area contributed by atoms with Crippen LogP contribution < -0.4 is 10.6 Å².